The zero-order valence-corrected chi connectivity index (χ0v) is 10.8. The molecule has 1 heterocycles. The van der Waals surface area contributed by atoms with Crippen LogP contribution >= 0.6 is 11.3 Å². The van der Waals surface area contributed by atoms with Gasteiger partial charge in [0.15, 0.2) is 5.13 Å². The smallest absolute Gasteiger partial charge is 0.337 e. The van der Waals surface area contributed by atoms with E-state index in [9.17, 15) is 4.79 Å². The molecule has 0 bridgehead atoms. The van der Waals surface area contributed by atoms with E-state index < -0.39 is 5.97 Å². The van der Waals surface area contributed by atoms with Gasteiger partial charge in [-0.15, -0.1) is 11.3 Å². The minimum Gasteiger partial charge on any atom is -0.478 e. The predicted molar refractivity (Wildman–Crippen MR) is 72.7 cm³/mol. The lowest BCUT2D eigenvalue weighted by atomic mass is 10.1. The molecule has 18 heavy (non-hydrogen) atoms. The van der Waals surface area contributed by atoms with Crippen LogP contribution in [-0.4, -0.2) is 16.1 Å². The van der Waals surface area contributed by atoms with E-state index in [1.807, 2.05) is 13.8 Å². The number of rotatable bonds is 3. The Balaban J connectivity index is 2.29. The van der Waals surface area contributed by atoms with E-state index in [2.05, 4.69) is 10.3 Å². The molecule has 0 fully saturated rings. The van der Waals surface area contributed by atoms with Crippen molar-refractivity contribution in [1.82, 2.24) is 4.98 Å². The van der Waals surface area contributed by atoms with Crippen LogP contribution in [0.15, 0.2) is 18.2 Å². The number of carbonyl (C=O) groups is 1. The molecule has 1 aromatic heterocycles. The molecule has 6 heteroatoms. The molecule has 1 aromatic carbocycles. The first-order valence-electron chi connectivity index (χ1n) is 5.31. The first-order chi connectivity index (χ1) is 8.47. The maximum absolute atomic E-state index is 11.0. The van der Waals surface area contributed by atoms with Gasteiger partial charge in [0.25, 0.3) is 0 Å². The Morgan fingerprint density at radius 1 is 1.44 bits per heavy atom. The highest BCUT2D eigenvalue weighted by atomic mass is 32.1. The van der Waals surface area contributed by atoms with Gasteiger partial charge in [-0.3, -0.25) is 0 Å². The van der Waals surface area contributed by atoms with Crippen molar-refractivity contribution < 1.29 is 9.90 Å². The second-order valence-corrected chi connectivity index (χ2v) is 5.10. The largest absolute Gasteiger partial charge is 0.478 e. The van der Waals surface area contributed by atoms with Gasteiger partial charge in [-0.05, 0) is 32.0 Å². The first-order valence-corrected chi connectivity index (χ1v) is 6.13. The Hall–Kier alpha value is -2.08. The standard InChI is InChI=1S/C12H13N3O2S/c1-6-7(2)18-12(14-6)15-8-3-4-10(13)9(5-8)11(16)17/h3-5H,13H2,1-2H3,(H,14,15)(H,16,17). The fourth-order valence-corrected chi connectivity index (χ4v) is 2.30. The normalized spacial score (nSPS) is 10.3. The van der Waals surface area contributed by atoms with E-state index >= 15 is 0 Å². The number of nitrogens with one attached hydrogen (secondary N) is 1. The zero-order valence-electron chi connectivity index (χ0n) is 10.0. The van der Waals surface area contributed by atoms with E-state index in [-0.39, 0.29) is 11.3 Å². The minimum atomic E-state index is -1.04. The van der Waals surface area contributed by atoms with E-state index in [4.69, 9.17) is 10.8 Å². The second kappa shape index (κ2) is 4.66. The van der Waals surface area contributed by atoms with Crippen molar-refractivity contribution in [1.29, 1.82) is 0 Å². The van der Waals surface area contributed by atoms with Crippen LogP contribution in [-0.2, 0) is 0 Å². The van der Waals surface area contributed by atoms with Crippen molar-refractivity contribution >= 4 is 33.8 Å². The molecule has 94 valence electrons. The van der Waals surface area contributed by atoms with Crippen molar-refractivity contribution in [2.75, 3.05) is 11.1 Å². The molecular formula is C12H13N3O2S. The van der Waals surface area contributed by atoms with Crippen LogP contribution in [0.2, 0.25) is 0 Å². The zero-order chi connectivity index (χ0) is 13.3. The van der Waals surface area contributed by atoms with E-state index in [0.29, 0.717) is 5.69 Å². The van der Waals surface area contributed by atoms with Gasteiger partial charge in [0, 0.05) is 16.3 Å². The number of aromatic nitrogens is 1. The van der Waals surface area contributed by atoms with Gasteiger partial charge in [0.1, 0.15) is 0 Å². The Morgan fingerprint density at radius 2 is 2.17 bits per heavy atom. The van der Waals surface area contributed by atoms with Gasteiger partial charge in [0.2, 0.25) is 0 Å². The number of nitrogens with two attached hydrogens (primary N) is 1. The van der Waals surface area contributed by atoms with Gasteiger partial charge in [0.05, 0.1) is 11.3 Å². The molecule has 5 nitrogen and oxygen atoms in total. The van der Waals surface area contributed by atoms with Gasteiger partial charge >= 0.3 is 5.97 Å². The number of nitrogens with zero attached hydrogens (tertiary/aromatic N) is 1. The van der Waals surface area contributed by atoms with Gasteiger partial charge in [-0.2, -0.15) is 0 Å². The lowest BCUT2D eigenvalue weighted by Gasteiger charge is -2.05. The summed E-state index contributed by atoms with van der Waals surface area (Å²) in [6, 6.07) is 4.80. The Kier molecular flexibility index (Phi) is 3.20. The van der Waals surface area contributed by atoms with Crippen LogP contribution in [0.4, 0.5) is 16.5 Å². The first kappa shape index (κ1) is 12.4. The van der Waals surface area contributed by atoms with Crippen LogP contribution in [0.25, 0.3) is 0 Å². The topological polar surface area (TPSA) is 88.2 Å². The average Bonchev–Trinajstić information content (AvgIpc) is 2.60. The summed E-state index contributed by atoms with van der Waals surface area (Å²) in [7, 11) is 0. The number of aryl methyl sites for hydroxylation is 2. The number of aromatic carboxylic acids is 1. The molecule has 2 aromatic rings. The summed E-state index contributed by atoms with van der Waals surface area (Å²) in [5.74, 6) is -1.04. The van der Waals surface area contributed by atoms with Gasteiger partial charge < -0.3 is 16.2 Å². The van der Waals surface area contributed by atoms with Crippen LogP contribution in [0, 0.1) is 13.8 Å². The molecular weight excluding hydrogens is 250 g/mol. The van der Waals surface area contributed by atoms with Crippen LogP contribution in [0.1, 0.15) is 20.9 Å². The lowest BCUT2D eigenvalue weighted by Crippen LogP contribution is -2.03. The number of hydrogen-bond acceptors (Lipinski definition) is 5. The van der Waals surface area contributed by atoms with Crippen molar-refractivity contribution in [3.63, 3.8) is 0 Å². The third kappa shape index (κ3) is 2.43. The number of nitrogen functional groups attached to an aromatic ring is 1. The third-order valence-corrected chi connectivity index (χ3v) is 3.55. The summed E-state index contributed by atoms with van der Waals surface area (Å²) in [6.45, 7) is 3.92. The molecule has 0 aliphatic rings. The Labute approximate surface area is 108 Å². The van der Waals surface area contributed by atoms with E-state index in [1.165, 1.54) is 17.4 Å². The monoisotopic (exact) mass is 263 g/mol. The molecule has 4 N–H and O–H groups in total. The second-order valence-electron chi connectivity index (χ2n) is 3.89. The van der Waals surface area contributed by atoms with Gasteiger partial charge in [-0.1, -0.05) is 0 Å². The number of hydrogen-bond donors (Lipinski definition) is 3. The van der Waals surface area contributed by atoms with Crippen LogP contribution in [0.3, 0.4) is 0 Å². The number of carboxylic acids is 1. The summed E-state index contributed by atoms with van der Waals surface area (Å²) >= 11 is 1.53. The van der Waals surface area contributed by atoms with Crippen LogP contribution in [0.5, 0.6) is 0 Å². The molecule has 0 aliphatic heterocycles. The molecule has 0 saturated heterocycles. The molecule has 2 rings (SSSR count). The van der Waals surface area contributed by atoms with Crippen molar-refractivity contribution in [2.45, 2.75) is 13.8 Å². The highest BCUT2D eigenvalue weighted by molar-refractivity contribution is 7.15. The van der Waals surface area contributed by atoms with Crippen LogP contribution < -0.4 is 11.1 Å². The third-order valence-electron chi connectivity index (χ3n) is 2.56. The fourth-order valence-electron chi connectivity index (χ4n) is 1.47. The maximum atomic E-state index is 11.0. The summed E-state index contributed by atoms with van der Waals surface area (Å²) in [4.78, 5) is 16.4. The van der Waals surface area contributed by atoms with Crippen molar-refractivity contribution in [3.05, 3.63) is 34.3 Å². The minimum absolute atomic E-state index is 0.0880. The Bertz CT molecular complexity index is 588. The molecule has 0 radical (unpaired) electrons. The molecule has 0 amide bonds. The number of thiazole rings is 1. The highest BCUT2D eigenvalue weighted by Gasteiger charge is 2.10. The number of carboxylic acid groups (broad SMARTS) is 1. The predicted octanol–water partition coefficient (Wildman–Crippen LogP) is 2.78. The van der Waals surface area contributed by atoms with E-state index in [1.54, 1.807) is 12.1 Å². The quantitative estimate of drug-likeness (QED) is 0.741. The molecule has 0 spiro atoms. The molecule has 0 aliphatic carbocycles. The molecule has 0 atom stereocenters. The highest BCUT2D eigenvalue weighted by Crippen LogP contribution is 2.26. The lowest BCUT2D eigenvalue weighted by molar-refractivity contribution is 0.0698. The Morgan fingerprint density at radius 3 is 2.72 bits per heavy atom. The SMILES string of the molecule is Cc1nc(Nc2ccc(N)c(C(=O)O)c2)sc1C. The molecule has 0 unspecified atom stereocenters. The number of anilines is 3. The summed E-state index contributed by atoms with van der Waals surface area (Å²) in [5.41, 5.74) is 7.56. The summed E-state index contributed by atoms with van der Waals surface area (Å²) in [5, 5.41) is 12.8. The van der Waals surface area contributed by atoms with Crippen molar-refractivity contribution in [3.8, 4) is 0 Å². The van der Waals surface area contributed by atoms with Crippen molar-refractivity contribution in [2.24, 2.45) is 0 Å². The average molecular weight is 263 g/mol. The van der Waals surface area contributed by atoms with E-state index in [0.717, 1.165) is 15.7 Å². The summed E-state index contributed by atoms with van der Waals surface area (Å²) in [6.07, 6.45) is 0. The molecule has 0 saturated carbocycles. The maximum Gasteiger partial charge on any atom is 0.337 e. The van der Waals surface area contributed by atoms with Gasteiger partial charge in [-0.25, -0.2) is 9.78 Å². The number of benzene rings is 1. The fraction of sp³-hybridized carbons (Fsp3) is 0.167. The summed E-state index contributed by atoms with van der Waals surface area (Å²) < 4.78 is 0.